The van der Waals surface area contributed by atoms with E-state index in [9.17, 15) is 14.4 Å². The number of carbonyl (C=O) groups is 3. The highest BCUT2D eigenvalue weighted by atomic mass is 16.5. The predicted octanol–water partition coefficient (Wildman–Crippen LogP) is 0.804. The zero-order valence-electron chi connectivity index (χ0n) is 11.0. The first-order valence-corrected chi connectivity index (χ1v) is 6.76. The number of carbonyl (C=O) groups excluding carboxylic acids is 3. The molecule has 0 bridgehead atoms. The fourth-order valence-electron chi connectivity index (χ4n) is 3.13. The number of methoxy groups -OCH3 is 1. The van der Waals surface area contributed by atoms with Gasteiger partial charge in [0.2, 0.25) is 11.8 Å². The van der Waals surface area contributed by atoms with Crippen molar-refractivity contribution in [2.24, 2.45) is 5.41 Å². The number of amides is 4. The second-order valence-corrected chi connectivity index (χ2v) is 5.83. The molecule has 0 aromatic rings. The summed E-state index contributed by atoms with van der Waals surface area (Å²) < 4.78 is 5.46. The van der Waals surface area contributed by atoms with Crippen molar-refractivity contribution in [2.75, 3.05) is 13.7 Å². The first-order chi connectivity index (χ1) is 9.03. The average Bonchev–Trinajstić information content (AvgIpc) is 2.25. The third kappa shape index (κ3) is 1.62. The largest absolute Gasteiger partial charge is 0.376 e. The number of barbiturate groups is 1. The van der Waals surface area contributed by atoms with E-state index < -0.39 is 23.0 Å². The van der Waals surface area contributed by atoms with Gasteiger partial charge < -0.3 is 4.74 Å². The third-order valence-corrected chi connectivity index (χ3v) is 4.91. The van der Waals surface area contributed by atoms with Gasteiger partial charge in [-0.3, -0.25) is 19.8 Å². The maximum absolute atomic E-state index is 12.5. The summed E-state index contributed by atoms with van der Waals surface area (Å²) in [6, 6.07) is -0.601. The molecule has 0 aromatic carbocycles. The second-order valence-electron chi connectivity index (χ2n) is 5.83. The fraction of sp³-hybridized carbons (Fsp3) is 0.769. The Labute approximate surface area is 111 Å². The number of nitrogens with zero attached hydrogens (tertiary/aromatic N) is 1. The number of urea groups is 1. The Morgan fingerprint density at radius 3 is 2.21 bits per heavy atom. The highest BCUT2D eigenvalue weighted by Gasteiger charge is 2.58. The molecule has 0 radical (unpaired) electrons. The number of imide groups is 2. The Balaban J connectivity index is 1.82. The quantitative estimate of drug-likeness (QED) is 0.767. The van der Waals surface area contributed by atoms with Crippen LogP contribution in [0, 0.1) is 5.41 Å². The Morgan fingerprint density at radius 2 is 1.79 bits per heavy atom. The molecule has 3 rings (SSSR count). The van der Waals surface area contributed by atoms with Gasteiger partial charge in [0.1, 0.15) is 5.41 Å². The number of ether oxygens (including phenoxy) is 1. The first kappa shape index (κ1) is 12.6. The molecule has 1 saturated heterocycles. The molecule has 1 heterocycles. The van der Waals surface area contributed by atoms with Crippen LogP contribution in [-0.4, -0.2) is 42.0 Å². The molecule has 6 nitrogen and oxygen atoms in total. The first-order valence-electron chi connectivity index (χ1n) is 6.76. The fourth-order valence-corrected chi connectivity index (χ4v) is 3.13. The maximum Gasteiger partial charge on any atom is 0.330 e. The van der Waals surface area contributed by atoms with Crippen LogP contribution >= 0.6 is 0 Å². The van der Waals surface area contributed by atoms with Crippen LogP contribution in [-0.2, 0) is 14.3 Å². The lowest BCUT2D eigenvalue weighted by Gasteiger charge is -2.48. The third-order valence-electron chi connectivity index (χ3n) is 4.91. The van der Waals surface area contributed by atoms with E-state index in [2.05, 4.69) is 5.32 Å². The van der Waals surface area contributed by atoms with Gasteiger partial charge in [-0.15, -0.1) is 0 Å². The van der Waals surface area contributed by atoms with Crippen molar-refractivity contribution in [1.82, 2.24) is 10.2 Å². The number of rotatable bonds is 3. The van der Waals surface area contributed by atoms with Crippen LogP contribution in [0.5, 0.6) is 0 Å². The molecule has 6 heteroatoms. The molecule has 0 atom stereocenters. The van der Waals surface area contributed by atoms with Gasteiger partial charge in [-0.25, -0.2) is 4.79 Å². The van der Waals surface area contributed by atoms with E-state index >= 15 is 0 Å². The lowest BCUT2D eigenvalue weighted by molar-refractivity contribution is -0.162. The second kappa shape index (κ2) is 4.03. The SMILES string of the molecule is COC1(CN2C(=O)NC(=O)C3(CCC3)C2=O)CCC1. The van der Waals surface area contributed by atoms with Crippen molar-refractivity contribution in [1.29, 1.82) is 0 Å². The van der Waals surface area contributed by atoms with Gasteiger partial charge in [0.25, 0.3) is 0 Å². The predicted molar refractivity (Wildman–Crippen MR) is 65.1 cm³/mol. The van der Waals surface area contributed by atoms with Crippen LogP contribution in [0.4, 0.5) is 4.79 Å². The zero-order chi connectivity index (χ0) is 13.7. The molecule has 2 aliphatic carbocycles. The topological polar surface area (TPSA) is 75.7 Å². The number of nitrogens with one attached hydrogen (secondary N) is 1. The van der Waals surface area contributed by atoms with Gasteiger partial charge in [0, 0.05) is 7.11 Å². The van der Waals surface area contributed by atoms with Gasteiger partial charge >= 0.3 is 6.03 Å². The molecule has 104 valence electrons. The molecule has 3 aliphatic rings. The van der Waals surface area contributed by atoms with Gasteiger partial charge in [-0.2, -0.15) is 0 Å². The van der Waals surface area contributed by atoms with Crippen molar-refractivity contribution in [3.05, 3.63) is 0 Å². The van der Waals surface area contributed by atoms with Crippen molar-refractivity contribution in [3.63, 3.8) is 0 Å². The molecule has 0 unspecified atom stereocenters. The highest BCUT2D eigenvalue weighted by molar-refractivity contribution is 6.19. The van der Waals surface area contributed by atoms with E-state index in [-0.39, 0.29) is 12.5 Å². The summed E-state index contributed by atoms with van der Waals surface area (Å²) in [5.74, 6) is -0.763. The molecular weight excluding hydrogens is 248 g/mol. The molecule has 3 fully saturated rings. The summed E-state index contributed by atoms with van der Waals surface area (Å²) in [6.45, 7) is 0.253. The van der Waals surface area contributed by atoms with Crippen molar-refractivity contribution < 1.29 is 19.1 Å². The smallest absolute Gasteiger partial charge is 0.330 e. The molecule has 2 saturated carbocycles. The standard InChI is InChI=1S/C13H18N2O4/c1-19-12(4-2-5-12)8-15-10(17)13(6-3-7-13)9(16)14-11(15)18/h2-8H2,1H3,(H,14,16,18). The van der Waals surface area contributed by atoms with E-state index in [1.54, 1.807) is 7.11 Å². The van der Waals surface area contributed by atoms with Crippen molar-refractivity contribution in [2.45, 2.75) is 44.1 Å². The highest BCUT2D eigenvalue weighted by Crippen LogP contribution is 2.45. The Morgan fingerprint density at radius 1 is 1.16 bits per heavy atom. The minimum Gasteiger partial charge on any atom is -0.376 e. The maximum atomic E-state index is 12.5. The molecule has 0 aromatic heterocycles. The minimum absolute atomic E-state index is 0.253. The van der Waals surface area contributed by atoms with Crippen LogP contribution < -0.4 is 5.32 Å². The Hall–Kier alpha value is -1.43. The van der Waals surface area contributed by atoms with Crippen LogP contribution in [0.3, 0.4) is 0 Å². The summed E-state index contributed by atoms with van der Waals surface area (Å²) in [4.78, 5) is 37.4. The van der Waals surface area contributed by atoms with Crippen LogP contribution in [0.1, 0.15) is 38.5 Å². The molecule has 19 heavy (non-hydrogen) atoms. The van der Waals surface area contributed by atoms with E-state index in [1.807, 2.05) is 0 Å². The lowest BCUT2D eigenvalue weighted by Crippen LogP contribution is -2.68. The van der Waals surface area contributed by atoms with Crippen molar-refractivity contribution >= 4 is 17.8 Å². The lowest BCUT2D eigenvalue weighted by atomic mass is 9.66. The summed E-state index contributed by atoms with van der Waals surface area (Å²) in [7, 11) is 1.61. The van der Waals surface area contributed by atoms with Gasteiger partial charge in [-0.05, 0) is 32.1 Å². The van der Waals surface area contributed by atoms with E-state index in [1.165, 1.54) is 4.90 Å². The van der Waals surface area contributed by atoms with Crippen LogP contribution in [0.25, 0.3) is 0 Å². The van der Waals surface area contributed by atoms with E-state index in [4.69, 9.17) is 4.74 Å². The molecule has 4 amide bonds. The minimum atomic E-state index is -0.980. The molecular formula is C13H18N2O4. The summed E-state index contributed by atoms with van der Waals surface area (Å²) >= 11 is 0. The summed E-state index contributed by atoms with van der Waals surface area (Å²) in [5.41, 5.74) is -1.38. The zero-order valence-corrected chi connectivity index (χ0v) is 11.0. The van der Waals surface area contributed by atoms with Crippen LogP contribution in [0.15, 0.2) is 0 Å². The normalized spacial score (nSPS) is 27.8. The van der Waals surface area contributed by atoms with E-state index in [0.717, 1.165) is 25.7 Å². The van der Waals surface area contributed by atoms with Crippen LogP contribution in [0.2, 0.25) is 0 Å². The van der Waals surface area contributed by atoms with E-state index in [0.29, 0.717) is 12.8 Å². The van der Waals surface area contributed by atoms with Crippen molar-refractivity contribution in [3.8, 4) is 0 Å². The number of hydrogen-bond donors (Lipinski definition) is 1. The Kier molecular flexibility index (Phi) is 2.67. The average molecular weight is 266 g/mol. The number of hydrogen-bond acceptors (Lipinski definition) is 4. The molecule has 1 N–H and O–H groups in total. The Bertz CT molecular complexity index is 446. The summed E-state index contributed by atoms with van der Waals surface area (Å²) in [6.07, 6.45) is 4.68. The van der Waals surface area contributed by atoms with Gasteiger partial charge in [0.15, 0.2) is 0 Å². The summed E-state index contributed by atoms with van der Waals surface area (Å²) in [5, 5.41) is 2.32. The molecule has 1 spiro atoms. The van der Waals surface area contributed by atoms with Gasteiger partial charge in [-0.1, -0.05) is 6.42 Å². The monoisotopic (exact) mass is 266 g/mol. The van der Waals surface area contributed by atoms with Gasteiger partial charge in [0.05, 0.1) is 12.1 Å². The molecule has 1 aliphatic heterocycles.